The molecular weight excluding hydrogens is 582 g/mol. The van der Waals surface area contributed by atoms with E-state index in [4.69, 9.17) is 19.9 Å². The van der Waals surface area contributed by atoms with E-state index in [0.717, 1.165) is 12.1 Å². The number of ether oxygens (including phenoxy) is 3. The first-order chi connectivity index (χ1) is 20.2. The Morgan fingerprint density at radius 1 is 1.14 bits per heavy atom. The molecule has 0 unspecified atom stereocenters. The van der Waals surface area contributed by atoms with Crippen molar-refractivity contribution in [3.05, 3.63) is 76.3 Å². The van der Waals surface area contributed by atoms with Crippen LogP contribution >= 0.6 is 23.1 Å². The molecule has 2 aromatic heterocycles. The van der Waals surface area contributed by atoms with E-state index in [1.54, 1.807) is 29.6 Å². The molecule has 0 spiro atoms. The fraction of sp³-hybridized carbons (Fsp3) is 0.241. The Morgan fingerprint density at radius 2 is 1.90 bits per heavy atom. The monoisotopic (exact) mass is 606 g/mol. The van der Waals surface area contributed by atoms with Gasteiger partial charge in [-0.3, -0.25) is 0 Å². The van der Waals surface area contributed by atoms with Gasteiger partial charge in [0.1, 0.15) is 58.6 Å². The van der Waals surface area contributed by atoms with Crippen molar-refractivity contribution in [2.75, 3.05) is 24.3 Å². The predicted octanol–water partition coefficient (Wildman–Crippen LogP) is 6.38. The summed E-state index contributed by atoms with van der Waals surface area (Å²) in [5.74, 6) is -1.12. The van der Waals surface area contributed by atoms with Crippen molar-refractivity contribution in [3.8, 4) is 29.0 Å². The number of nitrogens with two attached hydrogens (primary N) is 1. The first-order valence-electron chi connectivity index (χ1n) is 12.6. The molecule has 42 heavy (non-hydrogen) atoms. The molecule has 0 radical (unpaired) electrons. The van der Waals surface area contributed by atoms with E-state index in [0.29, 0.717) is 51.7 Å². The van der Waals surface area contributed by atoms with E-state index in [1.807, 2.05) is 13.8 Å². The second-order valence-electron chi connectivity index (χ2n) is 9.62. The van der Waals surface area contributed by atoms with Crippen LogP contribution in [0.15, 0.2) is 52.9 Å². The van der Waals surface area contributed by atoms with Crippen LogP contribution in [0.5, 0.6) is 5.75 Å². The lowest BCUT2D eigenvalue weighted by Gasteiger charge is -2.17. The third-order valence-electron chi connectivity index (χ3n) is 6.14. The summed E-state index contributed by atoms with van der Waals surface area (Å²) in [5, 5.41) is 25.3. The number of nitrogen functional groups attached to an aromatic ring is 1. The lowest BCUT2D eigenvalue weighted by molar-refractivity contribution is -0.141. The lowest BCUT2D eigenvalue weighted by atomic mass is 9.97. The Kier molecular flexibility index (Phi) is 8.56. The minimum absolute atomic E-state index is 0.00254. The van der Waals surface area contributed by atoms with Gasteiger partial charge in [-0.05, 0) is 43.7 Å². The fourth-order valence-electron chi connectivity index (χ4n) is 4.22. The maximum Gasteiger partial charge on any atom is 0.187 e. The zero-order valence-electron chi connectivity index (χ0n) is 22.5. The smallest absolute Gasteiger partial charge is 0.187 e. The van der Waals surface area contributed by atoms with Gasteiger partial charge in [0.2, 0.25) is 0 Å². The number of pyridine rings is 1. The first-order valence-corrected chi connectivity index (χ1v) is 14.5. The summed E-state index contributed by atoms with van der Waals surface area (Å²) in [7, 11) is 0. The molecule has 1 atom stereocenters. The molecule has 0 aliphatic carbocycles. The molecule has 3 heterocycles. The summed E-state index contributed by atoms with van der Waals surface area (Å²) in [6, 6.07) is 14.5. The van der Waals surface area contributed by atoms with Gasteiger partial charge in [0.05, 0.1) is 23.6 Å². The van der Waals surface area contributed by atoms with Gasteiger partial charge in [0, 0.05) is 22.8 Å². The summed E-state index contributed by atoms with van der Waals surface area (Å²) in [4.78, 5) is 8.77. The van der Waals surface area contributed by atoms with Crippen molar-refractivity contribution < 1.29 is 23.0 Å². The largest absolute Gasteiger partial charge is 0.491 e. The molecule has 9 nitrogen and oxygen atoms in total. The van der Waals surface area contributed by atoms with Crippen LogP contribution in [0.25, 0.3) is 11.1 Å². The standard InChI is InChI=1S/C29H24F2N6O3S2/c1-29(2)39-13-20(40-29)12-38-19-6-3-16(4-7-19)25-21(10-32)26(34)37-27(22(25)11-33)41-14-18-15-42-28(35-18)36-24-8-5-17(30)9-23(24)31/h3-9,15,20H,12-14H2,1-2H3,(H2,34,37)(H,35,36)/t20-/m0/s1. The zero-order chi connectivity index (χ0) is 29.9. The number of hydrogen-bond donors (Lipinski definition) is 2. The van der Waals surface area contributed by atoms with E-state index in [9.17, 15) is 19.3 Å². The Morgan fingerprint density at radius 3 is 2.57 bits per heavy atom. The minimum atomic E-state index is -0.731. The van der Waals surface area contributed by atoms with Crippen LogP contribution in [-0.4, -0.2) is 35.1 Å². The maximum absolute atomic E-state index is 14.0. The van der Waals surface area contributed by atoms with Crippen LogP contribution in [0.2, 0.25) is 0 Å². The first kappa shape index (κ1) is 29.2. The summed E-state index contributed by atoms with van der Waals surface area (Å²) < 4.78 is 44.4. The van der Waals surface area contributed by atoms with Crippen molar-refractivity contribution in [1.82, 2.24) is 9.97 Å². The van der Waals surface area contributed by atoms with E-state index < -0.39 is 17.4 Å². The number of hydrogen-bond acceptors (Lipinski definition) is 11. The molecule has 214 valence electrons. The van der Waals surface area contributed by atoms with Gasteiger partial charge in [0.15, 0.2) is 10.9 Å². The highest BCUT2D eigenvalue weighted by atomic mass is 32.2. The van der Waals surface area contributed by atoms with Gasteiger partial charge >= 0.3 is 0 Å². The number of nitrogens with zero attached hydrogens (tertiary/aromatic N) is 4. The van der Waals surface area contributed by atoms with Crippen molar-refractivity contribution in [2.45, 2.75) is 36.5 Å². The van der Waals surface area contributed by atoms with Gasteiger partial charge in [-0.1, -0.05) is 23.9 Å². The molecule has 13 heteroatoms. The molecule has 0 amide bonds. The molecule has 1 aliphatic heterocycles. The van der Waals surface area contributed by atoms with Crippen molar-refractivity contribution in [2.24, 2.45) is 0 Å². The Balaban J connectivity index is 1.32. The van der Waals surface area contributed by atoms with Crippen LogP contribution in [-0.2, 0) is 15.2 Å². The number of nitrogens with one attached hydrogen (secondary N) is 1. The topological polar surface area (TPSA) is 139 Å². The second-order valence-corrected chi connectivity index (χ2v) is 11.4. The summed E-state index contributed by atoms with van der Waals surface area (Å²) in [5.41, 5.74) is 8.19. The molecule has 5 rings (SSSR count). The Bertz CT molecular complexity index is 1700. The number of thioether (sulfide) groups is 1. The van der Waals surface area contributed by atoms with Crippen LogP contribution in [0.3, 0.4) is 0 Å². The molecule has 2 aromatic carbocycles. The number of aromatic nitrogens is 2. The molecule has 1 saturated heterocycles. The number of nitriles is 2. The van der Waals surface area contributed by atoms with E-state index in [2.05, 4.69) is 27.4 Å². The summed E-state index contributed by atoms with van der Waals surface area (Å²) in [6.45, 7) is 4.44. The predicted molar refractivity (Wildman–Crippen MR) is 155 cm³/mol. The average molecular weight is 607 g/mol. The lowest BCUT2D eigenvalue weighted by Crippen LogP contribution is -2.25. The van der Waals surface area contributed by atoms with E-state index in [-0.39, 0.29) is 28.7 Å². The number of rotatable bonds is 9. The summed E-state index contributed by atoms with van der Waals surface area (Å²) >= 11 is 2.48. The van der Waals surface area contributed by atoms with Gasteiger partial charge in [-0.25, -0.2) is 18.7 Å². The van der Waals surface area contributed by atoms with Gasteiger partial charge < -0.3 is 25.3 Å². The molecule has 1 aliphatic rings. The Labute approximate surface area is 248 Å². The van der Waals surface area contributed by atoms with Crippen LogP contribution in [0.1, 0.15) is 30.7 Å². The SMILES string of the molecule is CC1(C)OC[C@H](COc2ccc(-c3c(C#N)c(N)nc(SCc4csc(Nc5ccc(F)cc5F)n4)c3C#N)cc2)O1. The molecule has 0 saturated carbocycles. The maximum atomic E-state index is 14.0. The third kappa shape index (κ3) is 6.61. The van der Waals surface area contributed by atoms with Crippen molar-refractivity contribution in [3.63, 3.8) is 0 Å². The number of thiazole rings is 1. The normalized spacial score (nSPS) is 15.6. The molecule has 4 aromatic rings. The molecule has 0 bridgehead atoms. The number of anilines is 3. The average Bonchev–Trinajstić information content (AvgIpc) is 3.57. The zero-order valence-corrected chi connectivity index (χ0v) is 24.1. The fourth-order valence-corrected chi connectivity index (χ4v) is 5.94. The van der Waals surface area contributed by atoms with E-state index in [1.165, 1.54) is 29.2 Å². The van der Waals surface area contributed by atoms with Crippen LogP contribution in [0.4, 0.5) is 25.4 Å². The van der Waals surface area contributed by atoms with Gasteiger partial charge in [0.25, 0.3) is 0 Å². The Hall–Kier alpha value is -4.27. The van der Waals surface area contributed by atoms with Crippen molar-refractivity contribution >= 4 is 39.7 Å². The third-order valence-corrected chi connectivity index (χ3v) is 7.96. The molecule has 1 fully saturated rings. The van der Waals surface area contributed by atoms with Crippen LogP contribution in [0, 0.1) is 34.3 Å². The number of benzene rings is 2. The van der Waals surface area contributed by atoms with Gasteiger partial charge in [-0.15, -0.1) is 11.3 Å². The van der Waals surface area contributed by atoms with Gasteiger partial charge in [-0.2, -0.15) is 10.5 Å². The molecule has 3 N–H and O–H groups in total. The minimum Gasteiger partial charge on any atom is -0.491 e. The molecular formula is C29H24F2N6O3S2. The van der Waals surface area contributed by atoms with E-state index >= 15 is 0 Å². The number of halogens is 2. The summed E-state index contributed by atoms with van der Waals surface area (Å²) in [6.07, 6.45) is -0.191. The quantitative estimate of drug-likeness (QED) is 0.206. The van der Waals surface area contributed by atoms with Crippen LogP contribution < -0.4 is 15.8 Å². The highest BCUT2D eigenvalue weighted by Gasteiger charge is 2.33. The highest BCUT2D eigenvalue weighted by Crippen LogP contribution is 2.37. The van der Waals surface area contributed by atoms with Crippen molar-refractivity contribution in [1.29, 1.82) is 10.5 Å². The highest BCUT2D eigenvalue weighted by molar-refractivity contribution is 7.98. The second kappa shape index (κ2) is 12.3.